The third-order valence-corrected chi connectivity index (χ3v) is 20.9. The van der Waals surface area contributed by atoms with Crippen molar-refractivity contribution in [2.45, 2.75) is 59.1 Å². The monoisotopic (exact) mass is 718 g/mol. The van der Waals surface area contributed by atoms with Crippen LogP contribution >= 0.6 is 15.8 Å². The molecule has 0 aliphatic heterocycles. The normalized spacial score (nSPS) is 18.6. The molecule has 0 N–H and O–H groups in total. The van der Waals surface area contributed by atoms with E-state index in [9.17, 15) is 0 Å². The first-order valence-corrected chi connectivity index (χ1v) is 20.8. The SMILES string of the molecule is CCC(C)P(C1=Cc2ccccc2[CH]1[Zr+2][CH]1C(P(c2ccccc2)c2ccccc2)=Cc2ccccc21)C(C)CC.[Cl-].[Cl-]. The fourth-order valence-electron chi connectivity index (χ4n) is 6.49. The fourth-order valence-corrected chi connectivity index (χ4v) is 19.6. The maximum Gasteiger partial charge on any atom is -1.00 e. The minimum atomic E-state index is -1.02. The maximum atomic E-state index is 2.66. The molecular weight excluding hydrogens is 680 g/mol. The molecule has 4 unspecified atom stereocenters. The summed E-state index contributed by atoms with van der Waals surface area (Å²) in [6, 6.07) is 41.4. The Kier molecular flexibility index (Phi) is 12.7. The molecule has 2 aliphatic rings. The van der Waals surface area contributed by atoms with Crippen LogP contribution in [0.2, 0.25) is 0 Å². The Morgan fingerprint density at radius 3 is 1.42 bits per heavy atom. The zero-order valence-electron chi connectivity index (χ0n) is 25.4. The van der Waals surface area contributed by atoms with Gasteiger partial charge < -0.3 is 24.8 Å². The van der Waals surface area contributed by atoms with E-state index in [1.165, 1.54) is 34.6 Å². The summed E-state index contributed by atoms with van der Waals surface area (Å²) in [4.78, 5) is 0. The van der Waals surface area contributed by atoms with Gasteiger partial charge in [0.05, 0.1) is 0 Å². The molecule has 0 radical (unpaired) electrons. The number of hydrogen-bond donors (Lipinski definition) is 0. The Hall–Kier alpha value is -1.32. The summed E-state index contributed by atoms with van der Waals surface area (Å²) in [5.41, 5.74) is 7.70. The van der Waals surface area contributed by atoms with E-state index in [1.807, 2.05) is 5.31 Å². The molecule has 0 amide bonds. The van der Waals surface area contributed by atoms with Crippen molar-refractivity contribution >= 4 is 38.6 Å². The third-order valence-electron chi connectivity index (χ3n) is 8.86. The second-order valence-corrected chi connectivity index (χ2v) is 20.3. The molecule has 0 saturated heterocycles. The van der Waals surface area contributed by atoms with E-state index >= 15 is 0 Å². The molecule has 4 atom stereocenters. The number of hydrogen-bond acceptors (Lipinski definition) is 0. The fraction of sp³-hybridized carbons (Fsp3) is 0.263. The van der Waals surface area contributed by atoms with Gasteiger partial charge in [0.1, 0.15) is 0 Å². The molecule has 220 valence electrons. The summed E-state index contributed by atoms with van der Waals surface area (Å²) in [5, 5.41) is 6.46. The molecule has 2 aliphatic carbocycles. The van der Waals surface area contributed by atoms with Gasteiger partial charge in [-0.25, -0.2) is 0 Å². The Morgan fingerprint density at radius 2 is 0.953 bits per heavy atom. The summed E-state index contributed by atoms with van der Waals surface area (Å²) in [6.07, 6.45) is 7.80. The minimum absolute atomic E-state index is 0. The first-order chi connectivity index (χ1) is 20.1. The number of benzene rings is 4. The van der Waals surface area contributed by atoms with E-state index in [2.05, 4.69) is 149 Å². The van der Waals surface area contributed by atoms with Gasteiger partial charge in [-0.3, -0.25) is 0 Å². The smallest absolute Gasteiger partial charge is 1.00 e. The Morgan fingerprint density at radius 1 is 0.558 bits per heavy atom. The Balaban J connectivity index is 0.00000212. The van der Waals surface area contributed by atoms with Crippen molar-refractivity contribution in [3.05, 3.63) is 142 Å². The van der Waals surface area contributed by atoms with Crippen molar-refractivity contribution in [2.75, 3.05) is 0 Å². The quantitative estimate of drug-likeness (QED) is 0.212. The van der Waals surface area contributed by atoms with Gasteiger partial charge in [0.15, 0.2) is 0 Å². The molecule has 4 aromatic carbocycles. The van der Waals surface area contributed by atoms with Crippen LogP contribution in [0.5, 0.6) is 0 Å². The van der Waals surface area contributed by atoms with Gasteiger partial charge in [0.2, 0.25) is 0 Å². The molecule has 0 saturated carbocycles. The van der Waals surface area contributed by atoms with Crippen LogP contribution in [0.15, 0.2) is 120 Å². The van der Waals surface area contributed by atoms with E-state index in [0.717, 1.165) is 11.3 Å². The van der Waals surface area contributed by atoms with E-state index in [1.54, 1.807) is 16.4 Å². The summed E-state index contributed by atoms with van der Waals surface area (Å²) in [5.74, 6) is 0. The van der Waals surface area contributed by atoms with Gasteiger partial charge in [0.25, 0.3) is 0 Å². The van der Waals surface area contributed by atoms with Crippen molar-refractivity contribution in [3.63, 3.8) is 0 Å². The molecular formula is C38H40Cl2P2Zr. The summed E-state index contributed by atoms with van der Waals surface area (Å²) < 4.78 is 1.22. The molecule has 43 heavy (non-hydrogen) atoms. The summed E-state index contributed by atoms with van der Waals surface area (Å²) >= 11 is -1.02. The molecule has 5 heteroatoms. The van der Waals surface area contributed by atoms with Crippen molar-refractivity contribution in [3.8, 4) is 0 Å². The third kappa shape index (κ3) is 7.09. The van der Waals surface area contributed by atoms with Gasteiger partial charge in [0, 0.05) is 0 Å². The molecule has 6 rings (SSSR count). The Labute approximate surface area is 285 Å². The van der Waals surface area contributed by atoms with Crippen LogP contribution in [0, 0.1) is 0 Å². The zero-order valence-corrected chi connectivity index (χ0v) is 31.2. The van der Waals surface area contributed by atoms with Crippen LogP contribution in [-0.4, -0.2) is 11.3 Å². The number of fused-ring (bicyclic) bond motifs is 2. The van der Waals surface area contributed by atoms with E-state index in [0.29, 0.717) is 7.25 Å². The predicted octanol–water partition coefficient (Wildman–Crippen LogP) is 4.48. The van der Waals surface area contributed by atoms with Crippen LogP contribution in [-0.2, 0) is 23.2 Å². The first-order valence-electron chi connectivity index (χ1n) is 15.2. The van der Waals surface area contributed by atoms with Crippen LogP contribution in [0.1, 0.15) is 70.0 Å². The largest absolute Gasteiger partial charge is 1.00 e. The second kappa shape index (κ2) is 15.8. The van der Waals surface area contributed by atoms with E-state index < -0.39 is 31.2 Å². The van der Waals surface area contributed by atoms with Crippen LogP contribution in [0.3, 0.4) is 0 Å². The molecule has 0 spiro atoms. The standard InChI is InChI=1S/C21H16P.C17H24P.2ClH.Zr/c1-3-11-19(12-4-1)22(20-13-5-2-6-14-20)21-15-17-9-7-8-10-18(17)16-21;1-5-13(3)18(14(4)6-2)17-11-15-9-7-8-10-16(15)12-17;;;/h1-16H;7-14H,5-6H2,1-4H3;2*1H;/q;;;;+2/p-2. The number of allylic oxidation sites excluding steroid dienone is 2. The molecule has 0 bridgehead atoms. The van der Waals surface area contributed by atoms with Crippen molar-refractivity contribution in [2.24, 2.45) is 0 Å². The average Bonchev–Trinajstić information content (AvgIpc) is 3.56. The van der Waals surface area contributed by atoms with Gasteiger partial charge in [-0.15, -0.1) is 0 Å². The second-order valence-electron chi connectivity index (χ2n) is 11.4. The molecule has 0 nitrogen and oxygen atoms in total. The summed E-state index contributed by atoms with van der Waals surface area (Å²) in [6.45, 7) is 9.87. The minimum Gasteiger partial charge on any atom is -1.00 e. The van der Waals surface area contributed by atoms with Crippen LogP contribution in [0.25, 0.3) is 12.2 Å². The molecule has 0 heterocycles. The van der Waals surface area contributed by atoms with Gasteiger partial charge in [-0.1, -0.05) is 0 Å². The molecule has 4 aromatic rings. The average molecular weight is 721 g/mol. The van der Waals surface area contributed by atoms with Gasteiger partial charge in [-0.05, 0) is 0 Å². The van der Waals surface area contributed by atoms with Gasteiger partial charge in [-0.2, -0.15) is 0 Å². The first kappa shape index (κ1) is 34.6. The number of halogens is 2. The molecule has 0 aromatic heterocycles. The van der Waals surface area contributed by atoms with Crippen LogP contribution < -0.4 is 35.4 Å². The Bertz CT molecular complexity index is 1500. The molecule has 0 fully saturated rings. The van der Waals surface area contributed by atoms with Crippen molar-refractivity contribution in [1.29, 1.82) is 0 Å². The number of rotatable bonds is 10. The zero-order chi connectivity index (χ0) is 28.3. The van der Waals surface area contributed by atoms with E-state index in [-0.39, 0.29) is 32.7 Å². The topological polar surface area (TPSA) is 0 Å². The maximum absolute atomic E-state index is 2.66. The van der Waals surface area contributed by atoms with Gasteiger partial charge >= 0.3 is 263 Å². The summed E-state index contributed by atoms with van der Waals surface area (Å²) in [7, 11) is -0.782. The van der Waals surface area contributed by atoms with Crippen LogP contribution in [0.4, 0.5) is 0 Å². The predicted molar refractivity (Wildman–Crippen MR) is 180 cm³/mol. The van der Waals surface area contributed by atoms with Crippen molar-refractivity contribution in [1.82, 2.24) is 0 Å². The van der Waals surface area contributed by atoms with E-state index in [4.69, 9.17) is 0 Å². The van der Waals surface area contributed by atoms with Crippen molar-refractivity contribution < 1.29 is 48.0 Å².